The molecule has 0 saturated carbocycles. The molecular formula is C17H24N2O3. The minimum atomic E-state index is 0.140. The lowest BCUT2D eigenvalue weighted by molar-refractivity contribution is -0.135. The van der Waals surface area contributed by atoms with Crippen LogP contribution in [0.25, 0.3) is 0 Å². The zero-order valence-electron chi connectivity index (χ0n) is 13.3. The molecule has 22 heavy (non-hydrogen) atoms. The van der Waals surface area contributed by atoms with E-state index in [1.807, 2.05) is 18.2 Å². The number of benzene rings is 1. The van der Waals surface area contributed by atoms with E-state index in [4.69, 9.17) is 9.47 Å². The Bertz CT molecular complexity index is 541. The number of ether oxygens (including phenoxy) is 2. The van der Waals surface area contributed by atoms with Crippen LogP contribution in [-0.2, 0) is 4.79 Å². The van der Waals surface area contributed by atoms with Crippen molar-refractivity contribution in [1.29, 1.82) is 0 Å². The Morgan fingerprint density at radius 3 is 2.73 bits per heavy atom. The van der Waals surface area contributed by atoms with Crippen molar-refractivity contribution in [1.82, 2.24) is 10.2 Å². The fraction of sp³-hybridized carbons (Fsp3) is 0.588. The van der Waals surface area contributed by atoms with Crippen LogP contribution in [0.3, 0.4) is 0 Å². The van der Waals surface area contributed by atoms with Crippen molar-refractivity contribution in [2.24, 2.45) is 5.92 Å². The van der Waals surface area contributed by atoms with Gasteiger partial charge in [0.15, 0.2) is 11.5 Å². The Morgan fingerprint density at radius 1 is 1.23 bits per heavy atom. The standard InChI is InChI=1S/C17H24N2O3/c1-21-15-6-5-12(10-16(15)22-2)14-4-3-9-19(14)17(20)13-7-8-18-11-13/h5-6,10,13-14,18H,3-4,7-9,11H2,1-2H3/t13-,14-/m1/s1. The van der Waals surface area contributed by atoms with Crippen LogP contribution < -0.4 is 14.8 Å². The van der Waals surface area contributed by atoms with Crippen LogP contribution in [0.2, 0.25) is 0 Å². The lowest BCUT2D eigenvalue weighted by atomic mass is 10.0. The molecular weight excluding hydrogens is 280 g/mol. The largest absolute Gasteiger partial charge is 0.493 e. The van der Waals surface area contributed by atoms with E-state index in [0.717, 1.165) is 56.0 Å². The van der Waals surface area contributed by atoms with Gasteiger partial charge in [-0.25, -0.2) is 0 Å². The smallest absolute Gasteiger partial charge is 0.227 e. The summed E-state index contributed by atoms with van der Waals surface area (Å²) in [6, 6.07) is 6.13. The van der Waals surface area contributed by atoms with Gasteiger partial charge < -0.3 is 19.7 Å². The highest BCUT2D eigenvalue weighted by molar-refractivity contribution is 5.80. The molecule has 1 aromatic rings. The minimum absolute atomic E-state index is 0.140. The second kappa shape index (κ2) is 6.57. The van der Waals surface area contributed by atoms with E-state index in [2.05, 4.69) is 10.2 Å². The highest BCUT2D eigenvalue weighted by Crippen LogP contribution is 2.37. The van der Waals surface area contributed by atoms with Crippen LogP contribution in [0.15, 0.2) is 18.2 Å². The SMILES string of the molecule is COc1ccc([C@H]2CCCN2C(=O)[C@@H]2CCNC2)cc1OC. The Morgan fingerprint density at radius 2 is 2.05 bits per heavy atom. The summed E-state index contributed by atoms with van der Waals surface area (Å²) in [6.07, 6.45) is 3.03. The fourth-order valence-electron chi connectivity index (χ4n) is 3.54. The molecule has 5 heteroatoms. The van der Waals surface area contributed by atoms with E-state index < -0.39 is 0 Å². The topological polar surface area (TPSA) is 50.8 Å². The summed E-state index contributed by atoms with van der Waals surface area (Å²) < 4.78 is 10.7. The molecule has 0 radical (unpaired) electrons. The van der Waals surface area contributed by atoms with E-state index in [9.17, 15) is 4.79 Å². The summed E-state index contributed by atoms with van der Waals surface area (Å²) in [5.74, 6) is 1.88. The van der Waals surface area contributed by atoms with E-state index in [-0.39, 0.29) is 12.0 Å². The molecule has 0 bridgehead atoms. The van der Waals surface area contributed by atoms with Gasteiger partial charge in [-0.05, 0) is 43.5 Å². The Labute approximate surface area is 131 Å². The minimum Gasteiger partial charge on any atom is -0.493 e. The lowest BCUT2D eigenvalue weighted by Gasteiger charge is -2.28. The van der Waals surface area contributed by atoms with Gasteiger partial charge >= 0.3 is 0 Å². The van der Waals surface area contributed by atoms with Crippen LogP contribution in [0.1, 0.15) is 30.9 Å². The number of nitrogens with one attached hydrogen (secondary N) is 1. The van der Waals surface area contributed by atoms with Gasteiger partial charge in [0.25, 0.3) is 0 Å². The molecule has 1 amide bonds. The number of methoxy groups -OCH3 is 2. The fourth-order valence-corrected chi connectivity index (χ4v) is 3.54. The van der Waals surface area contributed by atoms with Crippen molar-refractivity contribution >= 4 is 5.91 Å². The summed E-state index contributed by atoms with van der Waals surface area (Å²) in [7, 11) is 3.28. The van der Waals surface area contributed by atoms with Crippen molar-refractivity contribution in [2.45, 2.75) is 25.3 Å². The normalized spacial score (nSPS) is 24.5. The van der Waals surface area contributed by atoms with Gasteiger partial charge in [0, 0.05) is 13.1 Å². The lowest BCUT2D eigenvalue weighted by Crippen LogP contribution is -2.36. The summed E-state index contributed by atoms with van der Waals surface area (Å²) in [6.45, 7) is 2.62. The molecule has 0 spiro atoms. The monoisotopic (exact) mass is 304 g/mol. The Kier molecular flexibility index (Phi) is 4.52. The Hall–Kier alpha value is -1.75. The van der Waals surface area contributed by atoms with Gasteiger partial charge in [0.05, 0.1) is 26.2 Å². The van der Waals surface area contributed by atoms with E-state index in [0.29, 0.717) is 5.91 Å². The average Bonchev–Trinajstić information content (AvgIpc) is 3.24. The summed E-state index contributed by atoms with van der Waals surface area (Å²) >= 11 is 0. The molecule has 2 saturated heterocycles. The summed E-state index contributed by atoms with van der Waals surface area (Å²) in [5.41, 5.74) is 1.13. The predicted octanol–water partition coefficient (Wildman–Crippen LogP) is 1.98. The Balaban J connectivity index is 1.82. The maximum atomic E-state index is 12.7. The zero-order chi connectivity index (χ0) is 15.5. The molecule has 2 fully saturated rings. The molecule has 1 N–H and O–H groups in total. The molecule has 0 aromatic heterocycles. The first kappa shape index (κ1) is 15.2. The molecule has 0 aliphatic carbocycles. The van der Waals surface area contributed by atoms with Gasteiger partial charge in [-0.3, -0.25) is 4.79 Å². The van der Waals surface area contributed by atoms with E-state index in [1.54, 1.807) is 14.2 Å². The number of carbonyl (C=O) groups is 1. The van der Waals surface area contributed by atoms with Gasteiger partial charge in [-0.2, -0.15) is 0 Å². The third kappa shape index (κ3) is 2.77. The van der Waals surface area contributed by atoms with Crippen LogP contribution in [0.4, 0.5) is 0 Å². The number of hydrogen-bond acceptors (Lipinski definition) is 4. The zero-order valence-corrected chi connectivity index (χ0v) is 13.3. The molecule has 120 valence electrons. The molecule has 5 nitrogen and oxygen atoms in total. The van der Waals surface area contributed by atoms with Gasteiger partial charge in [-0.1, -0.05) is 6.07 Å². The first-order chi connectivity index (χ1) is 10.7. The van der Waals surface area contributed by atoms with Crippen LogP contribution in [0.5, 0.6) is 11.5 Å². The van der Waals surface area contributed by atoms with E-state index in [1.165, 1.54) is 0 Å². The van der Waals surface area contributed by atoms with Crippen molar-refractivity contribution < 1.29 is 14.3 Å². The predicted molar refractivity (Wildman–Crippen MR) is 84.2 cm³/mol. The highest BCUT2D eigenvalue weighted by atomic mass is 16.5. The van der Waals surface area contributed by atoms with Gasteiger partial charge in [-0.15, -0.1) is 0 Å². The molecule has 2 heterocycles. The number of nitrogens with zero attached hydrogens (tertiary/aromatic N) is 1. The number of hydrogen-bond donors (Lipinski definition) is 1. The van der Waals surface area contributed by atoms with Crippen molar-refractivity contribution in [3.05, 3.63) is 23.8 Å². The molecule has 0 unspecified atom stereocenters. The van der Waals surface area contributed by atoms with Crippen LogP contribution in [0, 0.1) is 5.92 Å². The van der Waals surface area contributed by atoms with E-state index >= 15 is 0 Å². The molecule has 2 atom stereocenters. The number of amides is 1. The first-order valence-electron chi connectivity index (χ1n) is 7.97. The number of likely N-dealkylation sites (tertiary alicyclic amines) is 1. The van der Waals surface area contributed by atoms with Crippen molar-refractivity contribution in [2.75, 3.05) is 33.9 Å². The van der Waals surface area contributed by atoms with Crippen LogP contribution in [-0.4, -0.2) is 44.7 Å². The van der Waals surface area contributed by atoms with Gasteiger partial charge in [0.2, 0.25) is 5.91 Å². The van der Waals surface area contributed by atoms with Crippen LogP contribution >= 0.6 is 0 Å². The second-order valence-corrected chi connectivity index (χ2v) is 5.99. The molecule has 2 aliphatic heterocycles. The maximum absolute atomic E-state index is 12.7. The molecule has 2 aliphatic rings. The quantitative estimate of drug-likeness (QED) is 0.924. The summed E-state index contributed by atoms with van der Waals surface area (Å²) in [4.78, 5) is 14.8. The summed E-state index contributed by atoms with van der Waals surface area (Å²) in [5, 5.41) is 3.28. The average molecular weight is 304 g/mol. The first-order valence-corrected chi connectivity index (χ1v) is 7.97. The molecule has 1 aromatic carbocycles. The second-order valence-electron chi connectivity index (χ2n) is 5.99. The third-order valence-electron chi connectivity index (χ3n) is 4.74. The van der Waals surface area contributed by atoms with Crippen molar-refractivity contribution in [3.63, 3.8) is 0 Å². The third-order valence-corrected chi connectivity index (χ3v) is 4.74. The number of rotatable bonds is 4. The van der Waals surface area contributed by atoms with Crippen molar-refractivity contribution in [3.8, 4) is 11.5 Å². The maximum Gasteiger partial charge on any atom is 0.227 e. The molecule has 3 rings (SSSR count). The number of carbonyl (C=O) groups excluding carboxylic acids is 1. The van der Waals surface area contributed by atoms with Gasteiger partial charge in [0.1, 0.15) is 0 Å². The highest BCUT2D eigenvalue weighted by Gasteiger charge is 2.35.